The van der Waals surface area contributed by atoms with Crippen LogP contribution in [-0.2, 0) is 6.54 Å². The van der Waals surface area contributed by atoms with E-state index in [1.165, 1.54) is 37.5 Å². The minimum Gasteiger partial charge on any atom is -0.404 e. The fraction of sp³-hybridized carbons (Fsp3) is 0.393. The van der Waals surface area contributed by atoms with Gasteiger partial charge in [-0.1, -0.05) is 31.4 Å². The summed E-state index contributed by atoms with van der Waals surface area (Å²) in [5.41, 5.74) is 5.18. The Morgan fingerprint density at radius 3 is 2.38 bits per heavy atom. The number of ether oxygens (including phenoxy) is 1. The number of hydrogen-bond donors (Lipinski definition) is 2. The van der Waals surface area contributed by atoms with Crippen molar-refractivity contribution in [3.05, 3.63) is 93.0 Å². The van der Waals surface area contributed by atoms with Gasteiger partial charge in [0.15, 0.2) is 5.75 Å². The van der Waals surface area contributed by atoms with Crippen LogP contribution in [0.1, 0.15) is 60.5 Å². The van der Waals surface area contributed by atoms with Gasteiger partial charge in [-0.25, -0.2) is 23.7 Å². The Kier molecular flexibility index (Phi) is 11.0. The minimum absolute atomic E-state index is 0.137. The molecule has 0 atom stereocenters. The first-order valence-corrected chi connectivity index (χ1v) is 13.1. The SMILES string of the molecule is CN(N)/C(=C(\N)c1cc(C2CCCCC2)c(=O)n(Cc2ncccc2OC(F)(F)F)n1)C(F)F.Cc1cccc(F)c1. The number of hydrazine groups is 1. The first kappa shape index (κ1) is 32.4. The van der Waals surface area contributed by atoms with Gasteiger partial charge in [0, 0.05) is 18.8 Å². The second-order valence-corrected chi connectivity index (χ2v) is 9.79. The monoisotopic (exact) mass is 598 g/mol. The molecule has 0 saturated heterocycles. The number of aromatic nitrogens is 3. The quantitative estimate of drug-likeness (QED) is 0.211. The molecule has 0 radical (unpaired) electrons. The summed E-state index contributed by atoms with van der Waals surface area (Å²) in [7, 11) is 1.18. The number of pyridine rings is 1. The van der Waals surface area contributed by atoms with Crippen molar-refractivity contribution in [1.29, 1.82) is 0 Å². The molecule has 14 heteroatoms. The normalized spacial score (nSPS) is 14.6. The van der Waals surface area contributed by atoms with Crippen molar-refractivity contribution in [1.82, 2.24) is 19.8 Å². The Bertz CT molecular complexity index is 1410. The number of benzene rings is 1. The van der Waals surface area contributed by atoms with Gasteiger partial charge in [0.2, 0.25) is 0 Å². The van der Waals surface area contributed by atoms with E-state index in [0.29, 0.717) is 23.4 Å². The summed E-state index contributed by atoms with van der Waals surface area (Å²) in [5.74, 6) is 4.58. The molecule has 0 bridgehead atoms. The van der Waals surface area contributed by atoms with Crippen molar-refractivity contribution in [2.75, 3.05) is 7.05 Å². The van der Waals surface area contributed by atoms with Crippen molar-refractivity contribution in [2.24, 2.45) is 11.6 Å². The van der Waals surface area contributed by atoms with Gasteiger partial charge in [0.1, 0.15) is 22.9 Å². The summed E-state index contributed by atoms with van der Waals surface area (Å²) in [6.45, 7) is 1.37. The maximum absolute atomic E-state index is 13.6. The second-order valence-electron chi connectivity index (χ2n) is 9.79. The maximum Gasteiger partial charge on any atom is 0.573 e. The summed E-state index contributed by atoms with van der Waals surface area (Å²) in [6, 6.07) is 10.2. The number of alkyl halides is 5. The average Bonchev–Trinajstić information content (AvgIpc) is 2.90. The fourth-order valence-corrected chi connectivity index (χ4v) is 4.61. The molecular weight excluding hydrogens is 566 g/mol. The van der Waals surface area contributed by atoms with Crippen LogP contribution in [0.15, 0.2) is 59.2 Å². The molecule has 0 spiro atoms. The Morgan fingerprint density at radius 1 is 1.14 bits per heavy atom. The Labute approximate surface area is 238 Å². The molecule has 42 heavy (non-hydrogen) atoms. The van der Waals surface area contributed by atoms with Crippen LogP contribution in [0.5, 0.6) is 5.75 Å². The molecule has 1 saturated carbocycles. The van der Waals surface area contributed by atoms with Gasteiger partial charge in [-0.05, 0) is 61.6 Å². The van der Waals surface area contributed by atoms with E-state index < -0.39 is 42.0 Å². The molecule has 0 aliphatic heterocycles. The standard InChI is InChI=1S/C21H25F5N6O2.C7H7F/c1-31(28)18(19(22)23)17(27)14-10-13(12-6-3-2-4-7-12)20(33)32(30-14)11-15-16(8-5-9-29-15)34-21(24,25)26;1-6-3-2-4-7(8)5-6/h5,8-10,12,19H,2-4,6-7,11,27-28H2,1H3;2-5H,1H3/b18-17-;. The third kappa shape index (κ3) is 8.96. The molecule has 1 aliphatic carbocycles. The lowest BCUT2D eigenvalue weighted by atomic mass is 9.84. The lowest BCUT2D eigenvalue weighted by Crippen LogP contribution is -2.34. The number of allylic oxidation sites excluding steroid dienone is 1. The molecule has 228 valence electrons. The highest BCUT2D eigenvalue weighted by Gasteiger charge is 2.32. The van der Waals surface area contributed by atoms with Crippen molar-refractivity contribution in [3.63, 3.8) is 0 Å². The number of hydrogen-bond acceptors (Lipinski definition) is 7. The first-order valence-electron chi connectivity index (χ1n) is 13.1. The van der Waals surface area contributed by atoms with Gasteiger partial charge in [0.05, 0.1) is 12.2 Å². The molecule has 4 rings (SSSR count). The summed E-state index contributed by atoms with van der Waals surface area (Å²) in [4.78, 5) is 17.1. The van der Waals surface area contributed by atoms with Crippen molar-refractivity contribution in [2.45, 2.75) is 64.3 Å². The Morgan fingerprint density at radius 2 is 1.83 bits per heavy atom. The molecule has 2 aromatic heterocycles. The molecule has 2 heterocycles. The van der Waals surface area contributed by atoms with Crippen molar-refractivity contribution >= 4 is 5.70 Å². The molecule has 4 N–H and O–H groups in total. The van der Waals surface area contributed by atoms with E-state index in [4.69, 9.17) is 11.6 Å². The summed E-state index contributed by atoms with van der Waals surface area (Å²) in [5, 5.41) is 4.73. The van der Waals surface area contributed by atoms with Gasteiger partial charge in [0.25, 0.3) is 12.0 Å². The Hall–Kier alpha value is -4.07. The maximum atomic E-state index is 13.6. The molecule has 8 nitrogen and oxygen atoms in total. The van der Waals surface area contributed by atoms with Gasteiger partial charge in [-0.2, -0.15) is 5.10 Å². The van der Waals surface area contributed by atoms with Crippen LogP contribution in [0.25, 0.3) is 5.70 Å². The summed E-state index contributed by atoms with van der Waals surface area (Å²) in [6.07, 6.45) is -2.60. The zero-order valence-electron chi connectivity index (χ0n) is 23.0. The lowest BCUT2D eigenvalue weighted by Gasteiger charge is -2.23. The fourth-order valence-electron chi connectivity index (χ4n) is 4.61. The van der Waals surface area contributed by atoms with E-state index in [9.17, 15) is 31.1 Å². The highest BCUT2D eigenvalue weighted by molar-refractivity contribution is 5.63. The predicted molar refractivity (Wildman–Crippen MR) is 145 cm³/mol. The minimum atomic E-state index is -4.98. The lowest BCUT2D eigenvalue weighted by molar-refractivity contribution is -0.275. The van der Waals surface area contributed by atoms with E-state index in [0.717, 1.165) is 35.6 Å². The van der Waals surface area contributed by atoms with Gasteiger partial charge in [-0.3, -0.25) is 9.78 Å². The third-order valence-corrected chi connectivity index (χ3v) is 6.54. The van der Waals surface area contributed by atoms with E-state index in [1.54, 1.807) is 6.07 Å². The van der Waals surface area contributed by atoms with E-state index >= 15 is 0 Å². The number of aryl methyl sites for hydroxylation is 1. The van der Waals surface area contributed by atoms with Crippen LogP contribution >= 0.6 is 0 Å². The molecule has 1 fully saturated rings. The molecular formula is C28H32F6N6O2. The van der Waals surface area contributed by atoms with Crippen molar-refractivity contribution in [3.8, 4) is 5.75 Å². The average molecular weight is 599 g/mol. The van der Waals surface area contributed by atoms with Gasteiger partial charge in [-0.15, -0.1) is 13.2 Å². The molecule has 0 unspecified atom stereocenters. The van der Waals surface area contributed by atoms with E-state index in [-0.39, 0.29) is 23.1 Å². The zero-order valence-corrected chi connectivity index (χ0v) is 23.0. The number of nitrogens with zero attached hydrogens (tertiary/aromatic N) is 4. The van der Waals surface area contributed by atoms with Gasteiger partial charge >= 0.3 is 6.36 Å². The Balaban J connectivity index is 0.000000521. The summed E-state index contributed by atoms with van der Waals surface area (Å²) < 4.78 is 82.7. The van der Waals surface area contributed by atoms with Gasteiger partial charge < -0.3 is 15.5 Å². The summed E-state index contributed by atoms with van der Waals surface area (Å²) >= 11 is 0. The topological polar surface area (TPSA) is 112 Å². The van der Waals surface area contributed by atoms with Crippen LogP contribution in [0.2, 0.25) is 0 Å². The van der Waals surface area contributed by atoms with Crippen LogP contribution in [0.3, 0.4) is 0 Å². The van der Waals surface area contributed by atoms with E-state index in [2.05, 4.69) is 14.8 Å². The molecule has 0 amide bonds. The highest BCUT2D eigenvalue weighted by Crippen LogP contribution is 2.32. The third-order valence-electron chi connectivity index (χ3n) is 6.54. The molecule has 1 aliphatic rings. The van der Waals surface area contributed by atoms with Crippen LogP contribution in [-0.4, -0.2) is 39.6 Å². The van der Waals surface area contributed by atoms with Crippen LogP contribution in [0.4, 0.5) is 26.3 Å². The highest BCUT2D eigenvalue weighted by atomic mass is 19.4. The van der Waals surface area contributed by atoms with Crippen LogP contribution in [0, 0.1) is 12.7 Å². The first-order chi connectivity index (χ1) is 19.8. The van der Waals surface area contributed by atoms with Crippen LogP contribution < -0.4 is 21.9 Å². The predicted octanol–water partition coefficient (Wildman–Crippen LogP) is 5.46. The number of nitrogens with two attached hydrogens (primary N) is 2. The smallest absolute Gasteiger partial charge is 0.404 e. The largest absolute Gasteiger partial charge is 0.573 e. The zero-order chi connectivity index (χ0) is 31.0. The number of rotatable bonds is 7. The van der Waals surface area contributed by atoms with E-state index in [1.807, 2.05) is 13.0 Å². The second kappa shape index (κ2) is 14.2. The van der Waals surface area contributed by atoms with Crippen molar-refractivity contribution < 1.29 is 31.1 Å². The molecule has 3 aromatic rings. The number of halogens is 6. The molecule has 1 aromatic carbocycles.